The van der Waals surface area contributed by atoms with E-state index in [1.807, 2.05) is 26.2 Å². The van der Waals surface area contributed by atoms with Gasteiger partial charge in [0.05, 0.1) is 0 Å². The second-order valence-corrected chi connectivity index (χ2v) is 6.00. The minimum Gasteiger partial charge on any atom is -0.351 e. The lowest BCUT2D eigenvalue weighted by Gasteiger charge is -2.13. The summed E-state index contributed by atoms with van der Waals surface area (Å²) >= 11 is 1.72. The van der Waals surface area contributed by atoms with Gasteiger partial charge in [-0.25, -0.2) is 10.8 Å². The van der Waals surface area contributed by atoms with E-state index in [-0.39, 0.29) is 11.8 Å². The van der Waals surface area contributed by atoms with E-state index in [4.69, 9.17) is 5.84 Å². The zero-order valence-corrected chi connectivity index (χ0v) is 12.7. The molecular formula is C13H22N4OS. The van der Waals surface area contributed by atoms with Crippen LogP contribution in [0, 0.1) is 0 Å². The van der Waals surface area contributed by atoms with Crippen LogP contribution in [0.2, 0.25) is 0 Å². The van der Waals surface area contributed by atoms with E-state index in [1.54, 1.807) is 17.8 Å². The van der Waals surface area contributed by atoms with Gasteiger partial charge in [0.25, 0.3) is 5.91 Å². The number of amides is 1. The molecule has 0 aromatic carbocycles. The number of nitrogen functional groups attached to an aromatic ring is 1. The molecule has 0 aliphatic heterocycles. The van der Waals surface area contributed by atoms with E-state index in [2.05, 4.69) is 22.7 Å². The van der Waals surface area contributed by atoms with Crippen LogP contribution in [0.5, 0.6) is 0 Å². The van der Waals surface area contributed by atoms with Gasteiger partial charge in [0.2, 0.25) is 0 Å². The number of anilines is 1. The summed E-state index contributed by atoms with van der Waals surface area (Å²) in [7, 11) is 0. The number of nitrogens with one attached hydrogen (secondary N) is 2. The molecule has 1 aromatic rings. The third-order valence-corrected chi connectivity index (χ3v) is 3.77. The Morgan fingerprint density at radius 3 is 2.63 bits per heavy atom. The van der Waals surface area contributed by atoms with Crippen LogP contribution in [0.4, 0.5) is 5.82 Å². The first kappa shape index (κ1) is 15.8. The molecule has 0 bridgehead atoms. The Morgan fingerprint density at radius 2 is 2.11 bits per heavy atom. The molecule has 0 radical (unpaired) electrons. The highest BCUT2D eigenvalue weighted by Crippen LogP contribution is 2.17. The second kappa shape index (κ2) is 7.35. The molecule has 1 amide bonds. The maximum absolute atomic E-state index is 12.1. The molecule has 0 saturated carbocycles. The van der Waals surface area contributed by atoms with Crippen LogP contribution in [-0.2, 0) is 0 Å². The number of hydrogen-bond donors (Lipinski definition) is 3. The molecule has 0 aliphatic carbocycles. The van der Waals surface area contributed by atoms with Crippen molar-refractivity contribution in [3.05, 3.63) is 23.4 Å². The van der Waals surface area contributed by atoms with Crippen LogP contribution in [0.3, 0.4) is 0 Å². The fraction of sp³-hybridized carbons (Fsp3) is 0.538. The summed E-state index contributed by atoms with van der Waals surface area (Å²) in [5, 5.41) is 3.30. The Hall–Kier alpha value is -1.27. The Kier molecular flexibility index (Phi) is 6.11. The van der Waals surface area contributed by atoms with E-state index in [0.29, 0.717) is 23.2 Å². The number of aromatic nitrogens is 1. The Balaban J connectivity index is 2.86. The van der Waals surface area contributed by atoms with Crippen LogP contribution in [-0.4, -0.2) is 28.9 Å². The topological polar surface area (TPSA) is 80.0 Å². The number of nitrogens with two attached hydrogens (primary N) is 1. The highest BCUT2D eigenvalue weighted by Gasteiger charge is 2.12. The fourth-order valence-corrected chi connectivity index (χ4v) is 1.72. The predicted octanol–water partition coefficient (Wildman–Crippen LogP) is 1.97. The normalized spacial score (nSPS) is 12.3. The minimum absolute atomic E-state index is 0.0956. The molecule has 1 aromatic heterocycles. The number of rotatable bonds is 6. The van der Waals surface area contributed by atoms with Crippen molar-refractivity contribution in [3.63, 3.8) is 0 Å². The molecule has 5 nitrogen and oxygen atoms in total. The van der Waals surface area contributed by atoms with Gasteiger partial charge in [-0.3, -0.25) is 4.79 Å². The maximum Gasteiger partial charge on any atom is 0.251 e. The molecule has 4 N–H and O–H groups in total. The summed E-state index contributed by atoms with van der Waals surface area (Å²) in [6.07, 6.45) is 2.02. The van der Waals surface area contributed by atoms with E-state index in [1.165, 1.54) is 0 Å². The molecule has 1 heterocycles. The van der Waals surface area contributed by atoms with Gasteiger partial charge in [-0.1, -0.05) is 20.8 Å². The van der Waals surface area contributed by atoms with Crippen molar-refractivity contribution >= 4 is 23.5 Å². The van der Waals surface area contributed by atoms with Gasteiger partial charge in [-0.2, -0.15) is 11.8 Å². The van der Waals surface area contributed by atoms with Crippen molar-refractivity contribution in [1.29, 1.82) is 0 Å². The lowest BCUT2D eigenvalue weighted by molar-refractivity contribution is 0.0954. The Labute approximate surface area is 118 Å². The molecule has 0 fully saturated rings. The summed E-state index contributed by atoms with van der Waals surface area (Å²) in [4.78, 5) is 16.4. The number of hydrogen-bond acceptors (Lipinski definition) is 5. The predicted molar refractivity (Wildman–Crippen MR) is 81.4 cm³/mol. The second-order valence-electron chi connectivity index (χ2n) is 4.72. The van der Waals surface area contributed by atoms with Crippen LogP contribution >= 0.6 is 11.8 Å². The zero-order valence-electron chi connectivity index (χ0n) is 11.9. The fourth-order valence-electron chi connectivity index (χ4n) is 1.47. The van der Waals surface area contributed by atoms with Crippen LogP contribution in [0.25, 0.3) is 0 Å². The van der Waals surface area contributed by atoms with Gasteiger partial charge in [-0.05, 0) is 24.3 Å². The molecule has 106 valence electrons. The van der Waals surface area contributed by atoms with Gasteiger partial charge in [0.1, 0.15) is 5.82 Å². The number of thioether (sulfide) groups is 1. The van der Waals surface area contributed by atoms with Gasteiger partial charge < -0.3 is 10.7 Å². The third-order valence-electron chi connectivity index (χ3n) is 2.80. The highest BCUT2D eigenvalue weighted by molar-refractivity contribution is 7.99. The van der Waals surface area contributed by atoms with Crippen molar-refractivity contribution in [2.45, 2.75) is 31.9 Å². The molecule has 6 heteroatoms. The molecular weight excluding hydrogens is 260 g/mol. The maximum atomic E-state index is 12.1. The third kappa shape index (κ3) is 4.72. The summed E-state index contributed by atoms with van der Waals surface area (Å²) in [5.41, 5.74) is 3.93. The summed E-state index contributed by atoms with van der Waals surface area (Å²) in [6, 6.07) is 3.47. The minimum atomic E-state index is -0.0956. The van der Waals surface area contributed by atoms with Crippen LogP contribution < -0.4 is 16.6 Å². The van der Waals surface area contributed by atoms with Gasteiger partial charge >= 0.3 is 0 Å². The molecule has 1 rings (SSSR count). The number of carbonyl (C=O) groups is 1. The molecule has 19 heavy (non-hydrogen) atoms. The van der Waals surface area contributed by atoms with Crippen molar-refractivity contribution in [2.24, 2.45) is 5.84 Å². The zero-order chi connectivity index (χ0) is 14.4. The standard InChI is InChI=1S/C13H22N4OS/c1-8(2)11-5-10(6-12(16-11)17-14)13(18)15-7-9(3)19-4/h5-6,8-9H,7,14H2,1-4H3,(H,15,18)(H,16,17). The lowest BCUT2D eigenvalue weighted by Crippen LogP contribution is -2.29. The first-order chi connectivity index (χ1) is 8.97. The van der Waals surface area contributed by atoms with E-state index >= 15 is 0 Å². The first-order valence-corrected chi connectivity index (χ1v) is 7.56. The molecule has 1 atom stereocenters. The van der Waals surface area contributed by atoms with Gasteiger partial charge in [0, 0.05) is 23.1 Å². The van der Waals surface area contributed by atoms with Crippen molar-refractivity contribution in [1.82, 2.24) is 10.3 Å². The molecule has 0 aliphatic rings. The van der Waals surface area contributed by atoms with Crippen LogP contribution in [0.15, 0.2) is 12.1 Å². The molecule has 0 saturated heterocycles. The average molecular weight is 282 g/mol. The van der Waals surface area contributed by atoms with Gasteiger partial charge in [0.15, 0.2) is 0 Å². The average Bonchev–Trinajstić information content (AvgIpc) is 2.43. The van der Waals surface area contributed by atoms with E-state index in [9.17, 15) is 4.79 Å². The van der Waals surface area contributed by atoms with Gasteiger partial charge in [-0.15, -0.1) is 0 Å². The summed E-state index contributed by atoms with van der Waals surface area (Å²) < 4.78 is 0. The quantitative estimate of drug-likeness (QED) is 0.549. The SMILES string of the molecule is CSC(C)CNC(=O)c1cc(NN)nc(C(C)C)c1. The van der Waals surface area contributed by atoms with Crippen molar-refractivity contribution in [3.8, 4) is 0 Å². The first-order valence-electron chi connectivity index (χ1n) is 6.27. The number of hydrazine groups is 1. The van der Waals surface area contributed by atoms with E-state index < -0.39 is 0 Å². The Morgan fingerprint density at radius 1 is 1.42 bits per heavy atom. The van der Waals surface area contributed by atoms with Crippen molar-refractivity contribution in [2.75, 3.05) is 18.2 Å². The highest BCUT2D eigenvalue weighted by atomic mass is 32.2. The van der Waals surface area contributed by atoms with Crippen LogP contribution in [0.1, 0.15) is 42.7 Å². The smallest absolute Gasteiger partial charge is 0.251 e. The van der Waals surface area contributed by atoms with E-state index in [0.717, 1.165) is 5.69 Å². The van der Waals surface area contributed by atoms with Crippen molar-refractivity contribution < 1.29 is 4.79 Å². The number of pyridine rings is 1. The molecule has 0 spiro atoms. The lowest BCUT2D eigenvalue weighted by atomic mass is 10.1. The number of nitrogens with zero attached hydrogens (tertiary/aromatic N) is 1. The monoisotopic (exact) mass is 282 g/mol. The largest absolute Gasteiger partial charge is 0.351 e. The summed E-state index contributed by atoms with van der Waals surface area (Å²) in [5.74, 6) is 6.04. The molecule has 1 unspecified atom stereocenters. The Bertz CT molecular complexity index is 437. The summed E-state index contributed by atoms with van der Waals surface area (Å²) in [6.45, 7) is 6.77. The number of carbonyl (C=O) groups excluding carboxylic acids is 1.